The van der Waals surface area contributed by atoms with Gasteiger partial charge in [0.25, 0.3) is 0 Å². The number of ketones is 1. The van der Waals surface area contributed by atoms with Crippen molar-refractivity contribution in [1.82, 2.24) is 4.90 Å². The summed E-state index contributed by atoms with van der Waals surface area (Å²) in [6.07, 6.45) is 2.91. The van der Waals surface area contributed by atoms with Gasteiger partial charge in [-0.15, -0.1) is 0 Å². The number of piperidine rings is 1. The number of aliphatic hydroxyl groups excluding tert-OH is 2. The summed E-state index contributed by atoms with van der Waals surface area (Å²) in [6, 6.07) is 4.26. The molecular formula is C22H31NO5. The van der Waals surface area contributed by atoms with E-state index in [2.05, 4.69) is 11.9 Å². The van der Waals surface area contributed by atoms with Gasteiger partial charge in [-0.1, -0.05) is 6.07 Å². The number of phenolic OH excluding ortho intramolecular Hbond substituents is 1. The molecule has 6 heteroatoms. The molecule has 0 amide bonds. The van der Waals surface area contributed by atoms with Crippen molar-refractivity contribution >= 4 is 5.78 Å². The number of ether oxygens (including phenoxy) is 1. The fourth-order valence-electron chi connectivity index (χ4n) is 6.01. The number of nitrogens with zero attached hydrogens (tertiary/aromatic N) is 1. The molecule has 2 unspecified atom stereocenters. The molecule has 2 aliphatic heterocycles. The first-order valence-electron chi connectivity index (χ1n) is 10.4. The molecule has 3 N–H and O–H groups in total. The number of carbonyl (C=O) groups is 1. The zero-order valence-electron chi connectivity index (χ0n) is 16.9. The summed E-state index contributed by atoms with van der Waals surface area (Å²) in [7, 11) is 2.20. The minimum absolute atomic E-state index is 0.172. The Balaban J connectivity index is 0.000000239. The molecular weight excluding hydrogens is 358 g/mol. The van der Waals surface area contributed by atoms with E-state index in [0.29, 0.717) is 30.6 Å². The molecule has 1 saturated heterocycles. The monoisotopic (exact) mass is 389 g/mol. The molecule has 0 radical (unpaired) electrons. The van der Waals surface area contributed by atoms with Gasteiger partial charge in [0, 0.05) is 23.4 Å². The Kier molecular flexibility index (Phi) is 4.92. The average molecular weight is 389 g/mol. The van der Waals surface area contributed by atoms with Gasteiger partial charge in [0.2, 0.25) is 0 Å². The molecule has 6 nitrogen and oxygen atoms in total. The topological polar surface area (TPSA) is 90.2 Å². The zero-order chi connectivity index (χ0) is 20.2. The summed E-state index contributed by atoms with van der Waals surface area (Å²) in [4.78, 5) is 14.9. The second-order valence-electron chi connectivity index (χ2n) is 9.03. The molecule has 2 aliphatic carbocycles. The van der Waals surface area contributed by atoms with E-state index in [1.165, 1.54) is 5.56 Å². The van der Waals surface area contributed by atoms with Gasteiger partial charge in [-0.2, -0.15) is 0 Å². The van der Waals surface area contributed by atoms with E-state index in [9.17, 15) is 9.90 Å². The summed E-state index contributed by atoms with van der Waals surface area (Å²) >= 11 is 0. The van der Waals surface area contributed by atoms with Crippen molar-refractivity contribution in [2.45, 2.75) is 75.7 Å². The maximum atomic E-state index is 12.5. The number of benzene rings is 1. The number of likely N-dealkylation sites (N-methyl/N-ethyl adjacent to an activating group) is 1. The smallest absolute Gasteiger partial charge is 0.174 e. The lowest BCUT2D eigenvalue weighted by Crippen LogP contribution is -2.65. The summed E-state index contributed by atoms with van der Waals surface area (Å²) in [6.45, 7) is 4.32. The van der Waals surface area contributed by atoms with E-state index in [1.807, 2.05) is 6.07 Å². The molecule has 1 aromatic carbocycles. The highest BCUT2D eigenvalue weighted by atomic mass is 16.5. The number of aliphatic hydroxyl groups is 2. The van der Waals surface area contributed by atoms with Crippen LogP contribution in [-0.4, -0.2) is 63.9 Å². The predicted octanol–water partition coefficient (Wildman–Crippen LogP) is 1.77. The molecule has 6 atom stereocenters. The Bertz CT molecular complexity index is 770. The van der Waals surface area contributed by atoms with Crippen molar-refractivity contribution in [3.63, 3.8) is 0 Å². The minimum Gasteiger partial charge on any atom is -0.504 e. The van der Waals surface area contributed by atoms with Gasteiger partial charge in [0.15, 0.2) is 23.4 Å². The fourth-order valence-corrected chi connectivity index (χ4v) is 6.01. The van der Waals surface area contributed by atoms with Crippen LogP contribution in [0.2, 0.25) is 0 Å². The van der Waals surface area contributed by atoms with Crippen LogP contribution in [0, 0.1) is 5.92 Å². The van der Waals surface area contributed by atoms with E-state index in [-0.39, 0.29) is 35.3 Å². The maximum Gasteiger partial charge on any atom is 0.174 e. The molecule has 2 bridgehead atoms. The average Bonchev–Trinajstić information content (AvgIpc) is 2.97. The van der Waals surface area contributed by atoms with Crippen LogP contribution in [0.15, 0.2) is 12.1 Å². The Hall–Kier alpha value is -1.63. The first-order valence-corrected chi connectivity index (χ1v) is 10.4. The van der Waals surface area contributed by atoms with Crippen LogP contribution in [0.5, 0.6) is 11.5 Å². The van der Waals surface area contributed by atoms with Crippen LogP contribution < -0.4 is 4.74 Å². The van der Waals surface area contributed by atoms with Crippen molar-refractivity contribution in [2.75, 3.05) is 13.6 Å². The largest absolute Gasteiger partial charge is 0.504 e. The lowest BCUT2D eigenvalue weighted by molar-refractivity contribution is -0.138. The van der Waals surface area contributed by atoms with Crippen LogP contribution in [0.4, 0.5) is 0 Å². The minimum atomic E-state index is -0.375. The Labute approximate surface area is 166 Å². The van der Waals surface area contributed by atoms with Crippen LogP contribution >= 0.6 is 0 Å². The van der Waals surface area contributed by atoms with Crippen molar-refractivity contribution in [1.29, 1.82) is 0 Å². The van der Waals surface area contributed by atoms with Crippen LogP contribution in [0.3, 0.4) is 0 Å². The number of carbonyl (C=O) groups excluding carboxylic acids is 1. The molecule has 4 aliphatic rings. The Morgan fingerprint density at radius 2 is 2.00 bits per heavy atom. The summed E-state index contributed by atoms with van der Waals surface area (Å²) in [5.41, 5.74) is 2.26. The Morgan fingerprint density at radius 3 is 2.64 bits per heavy atom. The number of phenols is 1. The van der Waals surface area contributed by atoms with Gasteiger partial charge >= 0.3 is 0 Å². The highest BCUT2D eigenvalue weighted by molar-refractivity contribution is 5.89. The maximum absolute atomic E-state index is 12.5. The zero-order valence-corrected chi connectivity index (χ0v) is 16.9. The predicted molar refractivity (Wildman–Crippen MR) is 105 cm³/mol. The first kappa shape index (κ1) is 19.7. The van der Waals surface area contributed by atoms with Gasteiger partial charge in [0.05, 0.1) is 12.2 Å². The third kappa shape index (κ3) is 2.85. The van der Waals surface area contributed by atoms with Gasteiger partial charge in [-0.3, -0.25) is 4.79 Å². The summed E-state index contributed by atoms with van der Waals surface area (Å²) in [5, 5.41) is 27.3. The van der Waals surface area contributed by atoms with Gasteiger partial charge in [-0.25, -0.2) is 0 Å². The van der Waals surface area contributed by atoms with Crippen molar-refractivity contribution in [3.8, 4) is 11.5 Å². The van der Waals surface area contributed by atoms with Crippen molar-refractivity contribution in [3.05, 3.63) is 23.3 Å². The molecule has 0 aromatic heterocycles. The third-order valence-corrected chi connectivity index (χ3v) is 7.07. The van der Waals surface area contributed by atoms with E-state index in [1.54, 1.807) is 19.9 Å². The molecule has 154 valence electrons. The molecule has 5 rings (SSSR count). The standard InChI is InChI=1S/C17H19NO3.C5H12O2/c1-18-7-6-17-10-3-5-13(20)16(17)21-15-12(19)4-2-9(14(15)17)8-11(10)18;1-4(6)3-5(2)7/h2,4,10-11,16,19H,3,5-8H2,1H3;4-7H,3H2,1-2H3/t10-,11+,16-,17-;/m0./s1. The van der Waals surface area contributed by atoms with Crippen LogP contribution in [0.1, 0.15) is 50.7 Å². The van der Waals surface area contributed by atoms with Gasteiger partial charge in [0.1, 0.15) is 0 Å². The molecule has 1 aromatic rings. The normalized spacial score (nSPS) is 34.6. The summed E-state index contributed by atoms with van der Waals surface area (Å²) in [5.74, 6) is 1.50. The quantitative estimate of drug-likeness (QED) is 0.714. The van der Waals surface area contributed by atoms with E-state index < -0.39 is 0 Å². The van der Waals surface area contributed by atoms with Gasteiger partial charge < -0.3 is 25.0 Å². The number of hydrogen-bond acceptors (Lipinski definition) is 6. The number of rotatable bonds is 2. The van der Waals surface area contributed by atoms with Crippen LogP contribution in [-0.2, 0) is 16.6 Å². The van der Waals surface area contributed by atoms with Gasteiger partial charge in [-0.05, 0) is 70.7 Å². The fraction of sp³-hybridized carbons (Fsp3) is 0.682. The molecule has 2 fully saturated rings. The van der Waals surface area contributed by atoms with E-state index >= 15 is 0 Å². The molecule has 2 heterocycles. The lowest BCUT2D eigenvalue weighted by atomic mass is 9.52. The lowest BCUT2D eigenvalue weighted by Gasteiger charge is -2.57. The first-order chi connectivity index (χ1) is 13.3. The van der Waals surface area contributed by atoms with Crippen LogP contribution in [0.25, 0.3) is 0 Å². The third-order valence-electron chi connectivity index (χ3n) is 7.07. The second kappa shape index (κ2) is 7.01. The van der Waals surface area contributed by atoms with E-state index in [0.717, 1.165) is 31.4 Å². The number of hydrogen-bond donors (Lipinski definition) is 3. The second-order valence-corrected chi connectivity index (χ2v) is 9.03. The number of Topliss-reactive ketones (excluding diaryl/α,β-unsaturated/α-hetero) is 1. The molecule has 1 spiro atoms. The number of likely N-dealkylation sites (tertiary alicyclic amines) is 1. The van der Waals surface area contributed by atoms with Crippen molar-refractivity contribution < 1.29 is 24.9 Å². The highest BCUT2D eigenvalue weighted by Gasteiger charge is 2.65. The SMILES string of the molecule is CC(O)CC(C)O.CN1CC[C@]23c4c5ccc(O)c4O[C@H]2C(=O)CC[C@H]3[C@H]1C5. The molecule has 1 saturated carbocycles. The summed E-state index contributed by atoms with van der Waals surface area (Å²) < 4.78 is 6.04. The van der Waals surface area contributed by atoms with E-state index in [4.69, 9.17) is 14.9 Å². The molecule has 28 heavy (non-hydrogen) atoms. The number of aromatic hydroxyl groups is 1. The highest BCUT2D eigenvalue weighted by Crippen LogP contribution is 2.62. The van der Waals surface area contributed by atoms with Crippen molar-refractivity contribution in [2.24, 2.45) is 5.92 Å². The Morgan fingerprint density at radius 1 is 1.29 bits per heavy atom.